The van der Waals surface area contributed by atoms with Crippen molar-refractivity contribution < 1.29 is 9.59 Å². The van der Waals surface area contributed by atoms with Crippen molar-refractivity contribution in [1.29, 1.82) is 0 Å². The first-order valence-corrected chi connectivity index (χ1v) is 10.2. The van der Waals surface area contributed by atoms with Gasteiger partial charge in [0.1, 0.15) is 0 Å². The van der Waals surface area contributed by atoms with Crippen LogP contribution in [0.4, 0.5) is 0 Å². The molecule has 0 aliphatic carbocycles. The van der Waals surface area contributed by atoms with Crippen LogP contribution in [0.2, 0.25) is 0 Å². The fourth-order valence-electron chi connectivity index (χ4n) is 3.52. The van der Waals surface area contributed by atoms with E-state index in [1.807, 2.05) is 11.3 Å². The predicted octanol–water partition coefficient (Wildman–Crippen LogP) is 2.84. The molecule has 0 aromatic carbocycles. The van der Waals surface area contributed by atoms with Crippen LogP contribution in [0.5, 0.6) is 0 Å². The van der Waals surface area contributed by atoms with Gasteiger partial charge in [-0.25, -0.2) is 0 Å². The highest BCUT2D eigenvalue weighted by Gasteiger charge is 2.35. The molecule has 0 spiro atoms. The van der Waals surface area contributed by atoms with Crippen molar-refractivity contribution in [3.05, 3.63) is 22.4 Å². The van der Waals surface area contributed by atoms with Crippen molar-refractivity contribution in [2.45, 2.75) is 38.8 Å². The van der Waals surface area contributed by atoms with E-state index in [1.165, 1.54) is 16.6 Å². The second kappa shape index (κ2) is 7.81. The summed E-state index contributed by atoms with van der Waals surface area (Å²) < 4.78 is 0. The maximum atomic E-state index is 12.3. The van der Waals surface area contributed by atoms with Gasteiger partial charge in [-0.15, -0.1) is 11.3 Å². The molecule has 0 saturated carbocycles. The zero-order valence-electron chi connectivity index (χ0n) is 13.6. The third-order valence-electron chi connectivity index (χ3n) is 4.72. The minimum absolute atomic E-state index is 0.151. The van der Waals surface area contributed by atoms with Gasteiger partial charge in [0.25, 0.3) is 0 Å². The van der Waals surface area contributed by atoms with E-state index in [-0.39, 0.29) is 11.0 Å². The summed E-state index contributed by atoms with van der Waals surface area (Å²) >= 11 is 3.17. The van der Waals surface area contributed by atoms with Crippen LogP contribution < -0.4 is 0 Å². The fraction of sp³-hybridized carbons (Fsp3) is 0.647. The van der Waals surface area contributed by atoms with E-state index in [0.29, 0.717) is 18.4 Å². The molecule has 2 saturated heterocycles. The van der Waals surface area contributed by atoms with Crippen LogP contribution in [-0.2, 0) is 16.1 Å². The summed E-state index contributed by atoms with van der Waals surface area (Å²) in [5, 5.41) is 2.28. The van der Waals surface area contributed by atoms with Crippen LogP contribution in [0.25, 0.3) is 0 Å². The first kappa shape index (κ1) is 17.0. The van der Waals surface area contributed by atoms with Gasteiger partial charge in [0.2, 0.25) is 5.91 Å². The maximum absolute atomic E-state index is 12.3. The van der Waals surface area contributed by atoms with Crippen LogP contribution in [-0.4, -0.2) is 52.3 Å². The van der Waals surface area contributed by atoms with E-state index in [9.17, 15) is 9.59 Å². The summed E-state index contributed by atoms with van der Waals surface area (Å²) in [4.78, 5) is 29.4. The second-order valence-corrected chi connectivity index (χ2v) is 8.73. The van der Waals surface area contributed by atoms with Crippen LogP contribution in [0.3, 0.4) is 0 Å². The SMILES string of the molecule is CC(=O)SCC1CC(=O)N(C2CCN(Cc3cccs3)CC2)C1. The zero-order chi connectivity index (χ0) is 16.2. The molecule has 1 unspecified atom stereocenters. The highest BCUT2D eigenvalue weighted by Crippen LogP contribution is 2.28. The standard InChI is InChI=1S/C17H24N2O2S2/c1-13(20)23-12-14-9-17(21)19(10-14)15-4-6-18(7-5-15)11-16-3-2-8-22-16/h2-3,8,14-15H,4-7,9-12H2,1H3. The van der Waals surface area contributed by atoms with Gasteiger partial charge in [-0.05, 0) is 30.2 Å². The quantitative estimate of drug-likeness (QED) is 0.817. The molecular formula is C17H24N2O2S2. The molecule has 3 rings (SSSR count). The first-order valence-electron chi connectivity index (χ1n) is 8.29. The van der Waals surface area contributed by atoms with Crippen molar-refractivity contribution in [2.24, 2.45) is 5.92 Å². The highest BCUT2D eigenvalue weighted by molar-refractivity contribution is 8.13. The van der Waals surface area contributed by atoms with E-state index < -0.39 is 0 Å². The lowest BCUT2D eigenvalue weighted by Gasteiger charge is -2.36. The number of nitrogens with zero attached hydrogens (tertiary/aromatic N) is 2. The Hall–Kier alpha value is -0.850. The summed E-state index contributed by atoms with van der Waals surface area (Å²) in [6.45, 7) is 5.62. The van der Waals surface area contributed by atoms with Gasteiger partial charge in [-0.2, -0.15) is 0 Å². The van der Waals surface area contributed by atoms with Gasteiger partial charge in [-0.3, -0.25) is 14.5 Å². The van der Waals surface area contributed by atoms with E-state index in [2.05, 4.69) is 27.3 Å². The van der Waals surface area contributed by atoms with Crippen molar-refractivity contribution >= 4 is 34.1 Å². The van der Waals surface area contributed by atoms with Gasteiger partial charge < -0.3 is 4.90 Å². The smallest absolute Gasteiger partial charge is 0.223 e. The number of carbonyl (C=O) groups excluding carboxylic acids is 2. The maximum Gasteiger partial charge on any atom is 0.223 e. The molecule has 1 aromatic heterocycles. The third-order valence-corrected chi connectivity index (χ3v) is 6.62. The lowest BCUT2D eigenvalue weighted by atomic mass is 10.0. The number of thioether (sulfide) groups is 1. The lowest BCUT2D eigenvalue weighted by molar-refractivity contribution is -0.130. The second-order valence-electron chi connectivity index (χ2n) is 6.51. The number of rotatable bonds is 5. The summed E-state index contributed by atoms with van der Waals surface area (Å²) in [5.41, 5.74) is 0. The molecule has 0 bridgehead atoms. The van der Waals surface area contributed by atoms with E-state index in [4.69, 9.17) is 0 Å². The average Bonchev–Trinajstić information content (AvgIpc) is 3.16. The molecule has 6 heteroatoms. The molecule has 2 aliphatic rings. The number of carbonyl (C=O) groups is 2. The van der Waals surface area contributed by atoms with Crippen LogP contribution in [0.1, 0.15) is 31.1 Å². The van der Waals surface area contributed by atoms with Gasteiger partial charge in [-0.1, -0.05) is 17.8 Å². The lowest BCUT2D eigenvalue weighted by Crippen LogP contribution is -2.45. The fourth-order valence-corrected chi connectivity index (χ4v) is 4.96. The Balaban J connectivity index is 1.46. The zero-order valence-corrected chi connectivity index (χ0v) is 15.2. The summed E-state index contributed by atoms with van der Waals surface area (Å²) in [6, 6.07) is 4.70. The Bertz CT molecular complexity index is 539. The molecule has 4 nitrogen and oxygen atoms in total. The molecular weight excluding hydrogens is 328 g/mol. The Kier molecular flexibility index (Phi) is 5.77. The van der Waals surface area contributed by atoms with Gasteiger partial charge in [0.05, 0.1) is 0 Å². The number of hydrogen-bond acceptors (Lipinski definition) is 5. The molecule has 2 fully saturated rings. The van der Waals surface area contributed by atoms with Crippen molar-refractivity contribution in [2.75, 3.05) is 25.4 Å². The molecule has 23 heavy (non-hydrogen) atoms. The minimum Gasteiger partial charge on any atom is -0.339 e. The topological polar surface area (TPSA) is 40.6 Å². The Morgan fingerprint density at radius 2 is 2.17 bits per heavy atom. The molecule has 1 aromatic rings. The normalized spacial score (nSPS) is 23.6. The van der Waals surface area contributed by atoms with Crippen LogP contribution in [0.15, 0.2) is 17.5 Å². The Labute approximate surface area is 146 Å². The highest BCUT2D eigenvalue weighted by atomic mass is 32.2. The molecule has 0 N–H and O–H groups in total. The molecule has 0 radical (unpaired) electrons. The number of piperidine rings is 1. The monoisotopic (exact) mass is 352 g/mol. The summed E-state index contributed by atoms with van der Waals surface area (Å²) in [7, 11) is 0. The van der Waals surface area contributed by atoms with E-state index in [0.717, 1.165) is 44.8 Å². The predicted molar refractivity (Wildman–Crippen MR) is 95.6 cm³/mol. The van der Waals surface area contributed by atoms with Gasteiger partial charge >= 0.3 is 0 Å². The van der Waals surface area contributed by atoms with Gasteiger partial charge in [0.15, 0.2) is 5.12 Å². The molecule has 2 aliphatic heterocycles. The third kappa shape index (κ3) is 4.58. The number of likely N-dealkylation sites (tertiary alicyclic amines) is 2. The van der Waals surface area contributed by atoms with Crippen molar-refractivity contribution in [3.8, 4) is 0 Å². The summed E-state index contributed by atoms with van der Waals surface area (Å²) in [5.74, 6) is 1.42. The van der Waals surface area contributed by atoms with Crippen LogP contribution in [0, 0.1) is 5.92 Å². The van der Waals surface area contributed by atoms with E-state index in [1.54, 1.807) is 6.92 Å². The Morgan fingerprint density at radius 3 is 2.83 bits per heavy atom. The van der Waals surface area contributed by atoms with Crippen molar-refractivity contribution in [1.82, 2.24) is 9.80 Å². The average molecular weight is 353 g/mol. The molecule has 1 atom stereocenters. The number of amides is 1. The van der Waals surface area contributed by atoms with Crippen molar-refractivity contribution in [3.63, 3.8) is 0 Å². The molecule has 1 amide bonds. The molecule has 126 valence electrons. The molecule has 3 heterocycles. The van der Waals surface area contributed by atoms with Gasteiger partial charge in [0, 0.05) is 56.2 Å². The number of thiophene rings is 1. The Morgan fingerprint density at radius 1 is 1.39 bits per heavy atom. The van der Waals surface area contributed by atoms with Crippen LogP contribution >= 0.6 is 23.1 Å². The first-order chi connectivity index (χ1) is 11.1. The van der Waals surface area contributed by atoms with E-state index >= 15 is 0 Å². The minimum atomic E-state index is 0.151. The largest absolute Gasteiger partial charge is 0.339 e. The summed E-state index contributed by atoms with van der Waals surface area (Å²) in [6.07, 6.45) is 2.77. The number of hydrogen-bond donors (Lipinski definition) is 0.